The van der Waals surface area contributed by atoms with Crippen LogP contribution >= 0.6 is 23.4 Å². The van der Waals surface area contributed by atoms with E-state index in [0.29, 0.717) is 5.75 Å². The van der Waals surface area contributed by atoms with Gasteiger partial charge in [-0.15, -0.1) is 23.4 Å². The molecule has 96 valence electrons. The molecule has 0 aromatic heterocycles. The second-order valence-corrected chi connectivity index (χ2v) is 5.88. The number of ether oxygens (including phenoxy) is 3. The van der Waals surface area contributed by atoms with Gasteiger partial charge in [0, 0.05) is 19.6 Å². The molecule has 2 rings (SSSR count). The Bertz CT molecular complexity index is 337. The van der Waals surface area contributed by atoms with Crippen LogP contribution in [0, 0.1) is 0 Å². The van der Waals surface area contributed by atoms with E-state index in [4.69, 9.17) is 25.8 Å². The summed E-state index contributed by atoms with van der Waals surface area (Å²) in [5.74, 6) is -0.225. The van der Waals surface area contributed by atoms with Crippen molar-refractivity contribution in [1.82, 2.24) is 0 Å². The Balaban J connectivity index is 2.16. The first-order valence-electron chi connectivity index (χ1n) is 5.24. The van der Waals surface area contributed by atoms with E-state index in [1.54, 1.807) is 0 Å². The molecule has 0 aromatic carbocycles. The number of alkyl halides is 1. The molecule has 0 radical (unpaired) electrons. The topological polar surface area (TPSA) is 61.8 Å². The summed E-state index contributed by atoms with van der Waals surface area (Å²) < 4.78 is 15.7. The van der Waals surface area contributed by atoms with Gasteiger partial charge in [-0.3, -0.25) is 9.59 Å². The fourth-order valence-corrected chi connectivity index (χ4v) is 3.51. The highest BCUT2D eigenvalue weighted by atomic mass is 35.5. The van der Waals surface area contributed by atoms with Crippen LogP contribution in [0.2, 0.25) is 0 Å². The Morgan fingerprint density at radius 2 is 1.82 bits per heavy atom. The first-order valence-corrected chi connectivity index (χ1v) is 6.73. The summed E-state index contributed by atoms with van der Waals surface area (Å²) in [5.41, 5.74) is 0. The fourth-order valence-electron chi connectivity index (χ4n) is 2.04. The lowest BCUT2D eigenvalue weighted by atomic mass is 10.1. The third kappa shape index (κ3) is 2.69. The highest BCUT2D eigenvalue weighted by Gasteiger charge is 2.54. The van der Waals surface area contributed by atoms with Crippen molar-refractivity contribution in [3.8, 4) is 0 Å². The average Bonchev–Trinajstić information content (AvgIpc) is 2.48. The smallest absolute Gasteiger partial charge is 0.303 e. The molecule has 0 aromatic rings. The maximum atomic E-state index is 11.1. The van der Waals surface area contributed by atoms with Crippen LogP contribution in [0.25, 0.3) is 0 Å². The maximum absolute atomic E-state index is 11.1. The fraction of sp³-hybridized carbons (Fsp3) is 0.800. The molecule has 0 amide bonds. The Kier molecular flexibility index (Phi) is 3.85. The lowest BCUT2D eigenvalue weighted by Gasteiger charge is -2.25. The van der Waals surface area contributed by atoms with E-state index in [-0.39, 0.29) is 10.8 Å². The summed E-state index contributed by atoms with van der Waals surface area (Å²) in [6.07, 6.45) is -1.85. The minimum absolute atomic E-state index is 0.256. The summed E-state index contributed by atoms with van der Waals surface area (Å²) in [4.78, 5) is 22.1. The Morgan fingerprint density at radius 3 is 2.41 bits per heavy atom. The molecule has 2 bridgehead atoms. The summed E-state index contributed by atoms with van der Waals surface area (Å²) in [6.45, 7) is 2.63. The quantitative estimate of drug-likeness (QED) is 0.554. The highest BCUT2D eigenvalue weighted by Crippen LogP contribution is 2.41. The standard InChI is InChI=1S/C10H13ClO5S/c1-4(12)14-7-6-3-17-10(11)9(16-6)8(7)15-5(2)13/h6-10H,3H2,1-2H3/t6-,7-,8+,9-,10+/m1/s1. The van der Waals surface area contributed by atoms with E-state index in [2.05, 4.69) is 0 Å². The Labute approximate surface area is 108 Å². The van der Waals surface area contributed by atoms with Gasteiger partial charge in [0.1, 0.15) is 16.9 Å². The van der Waals surface area contributed by atoms with E-state index >= 15 is 0 Å². The molecule has 0 saturated carbocycles. The van der Waals surface area contributed by atoms with Crippen molar-refractivity contribution in [3.63, 3.8) is 0 Å². The van der Waals surface area contributed by atoms with Crippen molar-refractivity contribution >= 4 is 35.3 Å². The van der Waals surface area contributed by atoms with Gasteiger partial charge in [-0.05, 0) is 0 Å². The summed E-state index contributed by atoms with van der Waals surface area (Å²) in [6, 6.07) is 0. The first-order chi connectivity index (χ1) is 7.99. The minimum atomic E-state index is -0.612. The molecular formula is C10H13ClO5S. The number of fused-ring (bicyclic) bond motifs is 2. The Hall–Kier alpha value is -0.460. The van der Waals surface area contributed by atoms with E-state index in [1.807, 2.05) is 0 Å². The van der Waals surface area contributed by atoms with Gasteiger partial charge in [-0.25, -0.2) is 0 Å². The van der Waals surface area contributed by atoms with E-state index in [1.165, 1.54) is 25.6 Å². The lowest BCUT2D eigenvalue weighted by molar-refractivity contribution is -0.163. The first kappa shape index (κ1) is 13.0. The van der Waals surface area contributed by atoms with Crippen LogP contribution in [0.3, 0.4) is 0 Å². The maximum Gasteiger partial charge on any atom is 0.303 e. The monoisotopic (exact) mass is 280 g/mol. The van der Waals surface area contributed by atoms with Crippen molar-refractivity contribution in [1.29, 1.82) is 0 Å². The summed E-state index contributed by atoms with van der Waals surface area (Å²) in [7, 11) is 0. The van der Waals surface area contributed by atoms with Crippen molar-refractivity contribution < 1.29 is 23.8 Å². The molecule has 0 aliphatic carbocycles. The molecule has 2 aliphatic rings. The number of hydrogen-bond donors (Lipinski definition) is 0. The van der Waals surface area contributed by atoms with Crippen LogP contribution in [0.15, 0.2) is 0 Å². The molecule has 0 N–H and O–H groups in total. The van der Waals surface area contributed by atoms with E-state index in [9.17, 15) is 9.59 Å². The number of hydrogen-bond acceptors (Lipinski definition) is 6. The van der Waals surface area contributed by atoms with Gasteiger partial charge < -0.3 is 14.2 Å². The normalized spacial score (nSPS) is 39.8. The van der Waals surface area contributed by atoms with Gasteiger partial charge in [-0.1, -0.05) is 0 Å². The van der Waals surface area contributed by atoms with Crippen LogP contribution in [-0.4, -0.2) is 46.8 Å². The van der Waals surface area contributed by atoms with Gasteiger partial charge >= 0.3 is 11.9 Å². The van der Waals surface area contributed by atoms with E-state index < -0.39 is 30.3 Å². The molecule has 7 heteroatoms. The zero-order valence-corrected chi connectivity index (χ0v) is 11.0. The second-order valence-electron chi connectivity index (χ2n) is 3.97. The third-order valence-electron chi connectivity index (χ3n) is 2.63. The predicted octanol–water partition coefficient (Wildman–Crippen LogP) is 0.929. The van der Waals surface area contributed by atoms with Crippen molar-refractivity contribution in [2.24, 2.45) is 0 Å². The van der Waals surface area contributed by atoms with Crippen LogP contribution in [0.1, 0.15) is 13.8 Å². The van der Waals surface area contributed by atoms with Crippen LogP contribution in [-0.2, 0) is 23.8 Å². The van der Waals surface area contributed by atoms with Gasteiger partial charge in [0.05, 0.1) is 0 Å². The zero-order valence-electron chi connectivity index (χ0n) is 9.42. The third-order valence-corrected chi connectivity index (χ3v) is 4.36. The number of carbonyl (C=O) groups excluding carboxylic acids is 2. The van der Waals surface area contributed by atoms with Crippen LogP contribution in [0.4, 0.5) is 0 Å². The molecule has 5 nitrogen and oxygen atoms in total. The zero-order chi connectivity index (χ0) is 12.6. The number of carbonyl (C=O) groups is 2. The second kappa shape index (κ2) is 5.04. The number of thioether (sulfide) groups is 1. The lowest BCUT2D eigenvalue weighted by Crippen LogP contribution is -2.40. The molecule has 2 saturated heterocycles. The summed E-state index contributed by atoms with van der Waals surface area (Å²) >= 11 is 7.61. The van der Waals surface area contributed by atoms with Crippen molar-refractivity contribution in [2.45, 2.75) is 43.0 Å². The predicted molar refractivity (Wildman–Crippen MR) is 61.9 cm³/mol. The Morgan fingerprint density at radius 1 is 1.24 bits per heavy atom. The van der Waals surface area contributed by atoms with Crippen LogP contribution < -0.4 is 0 Å². The number of rotatable bonds is 2. The molecule has 0 unspecified atom stereocenters. The number of halogens is 1. The molecule has 2 fully saturated rings. The van der Waals surface area contributed by atoms with Gasteiger partial charge in [0.2, 0.25) is 0 Å². The highest BCUT2D eigenvalue weighted by molar-refractivity contribution is 8.01. The SMILES string of the molecule is CC(=O)O[C@@H]1[C@H]2O[C@H](CS[C@@H]2Cl)[C@H]1OC(C)=O. The molecule has 17 heavy (non-hydrogen) atoms. The average molecular weight is 281 g/mol. The number of esters is 2. The van der Waals surface area contributed by atoms with Gasteiger partial charge in [-0.2, -0.15) is 0 Å². The van der Waals surface area contributed by atoms with E-state index in [0.717, 1.165) is 0 Å². The van der Waals surface area contributed by atoms with Gasteiger partial charge in [0.15, 0.2) is 12.2 Å². The summed E-state index contributed by atoms with van der Waals surface area (Å²) in [5, 5.41) is 0. The molecule has 0 spiro atoms. The largest absolute Gasteiger partial charge is 0.456 e. The van der Waals surface area contributed by atoms with Crippen molar-refractivity contribution in [2.75, 3.05) is 5.75 Å². The van der Waals surface area contributed by atoms with Crippen LogP contribution in [0.5, 0.6) is 0 Å². The molecular weight excluding hydrogens is 268 g/mol. The van der Waals surface area contributed by atoms with Gasteiger partial charge in [0.25, 0.3) is 0 Å². The van der Waals surface area contributed by atoms with Crippen molar-refractivity contribution in [3.05, 3.63) is 0 Å². The molecule has 2 aliphatic heterocycles. The molecule has 5 atom stereocenters. The molecule has 2 heterocycles. The minimum Gasteiger partial charge on any atom is -0.456 e.